The Kier molecular flexibility index (Phi) is 5.53. The third-order valence-electron chi connectivity index (χ3n) is 1.79. The van der Waals surface area contributed by atoms with Crippen molar-refractivity contribution < 1.29 is 10.0 Å². The number of aliphatic hydroxyl groups is 1. The predicted molar refractivity (Wildman–Crippen MR) is 59.4 cm³/mol. The normalized spacial score (nSPS) is 11.7. The minimum absolute atomic E-state index is 0. The largest absolute Gasteiger partial charge is 0.394 e. The van der Waals surface area contributed by atoms with Gasteiger partial charge in [-0.1, -0.05) is 11.6 Å². The lowest BCUT2D eigenvalue weighted by Crippen LogP contribution is -2.15. The molecule has 1 rings (SSSR count). The Morgan fingerprint density at radius 2 is 2.20 bits per heavy atom. The molecule has 1 aromatic rings. The average molecular weight is 253 g/mol. The summed E-state index contributed by atoms with van der Waals surface area (Å²) < 4.78 is 0. The van der Waals surface area contributed by atoms with E-state index in [1.807, 2.05) is 0 Å². The van der Waals surface area contributed by atoms with Gasteiger partial charge in [-0.3, -0.25) is 10.1 Å². The lowest BCUT2D eigenvalue weighted by atomic mass is 10.1. The Bertz CT molecular complexity index is 360. The number of hydrogen-bond acceptors (Lipinski definition) is 4. The molecule has 0 aliphatic rings. The first-order chi connectivity index (χ1) is 6.56. The van der Waals surface area contributed by atoms with E-state index in [0.29, 0.717) is 10.6 Å². The van der Waals surface area contributed by atoms with Crippen molar-refractivity contribution in [1.82, 2.24) is 0 Å². The Labute approximate surface area is 97.4 Å². The van der Waals surface area contributed by atoms with Gasteiger partial charge in [0.2, 0.25) is 0 Å². The average Bonchev–Trinajstić information content (AvgIpc) is 2.17. The van der Waals surface area contributed by atoms with E-state index < -0.39 is 11.0 Å². The van der Waals surface area contributed by atoms with Gasteiger partial charge in [0.15, 0.2) is 0 Å². The molecule has 0 aromatic heterocycles. The summed E-state index contributed by atoms with van der Waals surface area (Å²) in [6, 6.07) is 3.26. The van der Waals surface area contributed by atoms with Crippen molar-refractivity contribution >= 4 is 29.7 Å². The highest BCUT2D eigenvalue weighted by atomic mass is 35.5. The maximum atomic E-state index is 10.4. The molecule has 0 unspecified atom stereocenters. The monoisotopic (exact) mass is 252 g/mol. The highest BCUT2D eigenvalue weighted by Gasteiger charge is 2.14. The van der Waals surface area contributed by atoms with Crippen LogP contribution in [0.25, 0.3) is 0 Å². The summed E-state index contributed by atoms with van der Waals surface area (Å²) >= 11 is 5.76. The molecule has 7 heteroatoms. The van der Waals surface area contributed by atoms with E-state index in [1.54, 1.807) is 0 Å². The van der Waals surface area contributed by atoms with Crippen LogP contribution in [0.3, 0.4) is 0 Å². The molecule has 15 heavy (non-hydrogen) atoms. The van der Waals surface area contributed by atoms with Crippen molar-refractivity contribution in [3.8, 4) is 0 Å². The summed E-state index contributed by atoms with van der Waals surface area (Å²) in [7, 11) is 0. The molecule has 1 atom stereocenters. The Balaban J connectivity index is 0.00000196. The number of rotatable bonds is 3. The Morgan fingerprint density at radius 1 is 1.60 bits per heavy atom. The molecular formula is C8H10Cl2N2O3. The molecule has 0 saturated heterocycles. The van der Waals surface area contributed by atoms with Crippen LogP contribution in [0.5, 0.6) is 0 Å². The first-order valence-corrected chi connectivity index (χ1v) is 4.24. The van der Waals surface area contributed by atoms with E-state index in [-0.39, 0.29) is 24.7 Å². The van der Waals surface area contributed by atoms with Crippen molar-refractivity contribution in [1.29, 1.82) is 0 Å². The van der Waals surface area contributed by atoms with Crippen molar-refractivity contribution in [3.05, 3.63) is 38.9 Å². The number of nitro benzene ring substituents is 1. The topological polar surface area (TPSA) is 89.4 Å². The predicted octanol–water partition coefficient (Wildman–Crippen LogP) is 1.66. The van der Waals surface area contributed by atoms with Crippen LogP contribution in [0.4, 0.5) is 5.69 Å². The highest BCUT2D eigenvalue weighted by Crippen LogP contribution is 2.25. The molecule has 0 aliphatic carbocycles. The number of nitrogens with zero attached hydrogens (tertiary/aromatic N) is 1. The van der Waals surface area contributed by atoms with E-state index in [9.17, 15) is 10.1 Å². The quantitative estimate of drug-likeness (QED) is 0.633. The fourth-order valence-corrected chi connectivity index (χ4v) is 1.28. The second kappa shape index (κ2) is 5.87. The maximum Gasteiger partial charge on any atom is 0.269 e. The van der Waals surface area contributed by atoms with Crippen molar-refractivity contribution in [3.63, 3.8) is 0 Å². The first kappa shape index (κ1) is 14.1. The summed E-state index contributed by atoms with van der Waals surface area (Å²) in [5, 5.41) is 19.5. The summed E-state index contributed by atoms with van der Waals surface area (Å²) in [6.07, 6.45) is 0. The molecule has 0 spiro atoms. The zero-order valence-corrected chi connectivity index (χ0v) is 9.16. The number of aliphatic hydroxyl groups excluding tert-OH is 1. The van der Waals surface area contributed by atoms with Gasteiger partial charge in [-0.2, -0.15) is 0 Å². The number of non-ortho nitro benzene ring substituents is 1. The fourth-order valence-electron chi connectivity index (χ4n) is 1.03. The van der Waals surface area contributed by atoms with E-state index in [1.165, 1.54) is 18.2 Å². The number of nitro groups is 1. The van der Waals surface area contributed by atoms with Gasteiger partial charge >= 0.3 is 0 Å². The van der Waals surface area contributed by atoms with Crippen LogP contribution < -0.4 is 5.73 Å². The number of hydrogen-bond donors (Lipinski definition) is 2. The lowest BCUT2D eigenvalue weighted by molar-refractivity contribution is -0.384. The van der Waals surface area contributed by atoms with Gasteiger partial charge in [-0.05, 0) is 11.6 Å². The molecule has 0 bridgehead atoms. The summed E-state index contributed by atoms with van der Waals surface area (Å²) in [4.78, 5) is 9.90. The molecule has 0 radical (unpaired) electrons. The van der Waals surface area contributed by atoms with Gasteiger partial charge < -0.3 is 10.8 Å². The summed E-state index contributed by atoms with van der Waals surface area (Å²) in [5.74, 6) is 0. The molecule has 0 aliphatic heterocycles. The van der Waals surface area contributed by atoms with Gasteiger partial charge in [0.1, 0.15) is 0 Å². The van der Waals surface area contributed by atoms with Crippen LogP contribution in [-0.4, -0.2) is 16.6 Å². The minimum Gasteiger partial charge on any atom is -0.394 e. The van der Waals surface area contributed by atoms with Gasteiger partial charge in [0.25, 0.3) is 5.69 Å². The smallest absolute Gasteiger partial charge is 0.269 e. The fraction of sp³-hybridized carbons (Fsp3) is 0.250. The van der Waals surface area contributed by atoms with E-state index in [2.05, 4.69) is 0 Å². The SMILES string of the molecule is Cl.N[C@H](CO)c1cc([N+](=O)[O-])ccc1Cl. The van der Waals surface area contributed by atoms with Crippen LogP contribution in [0.2, 0.25) is 5.02 Å². The summed E-state index contributed by atoms with van der Waals surface area (Å²) in [5.41, 5.74) is 5.80. The van der Waals surface area contributed by atoms with Crippen LogP contribution in [0, 0.1) is 10.1 Å². The first-order valence-electron chi connectivity index (χ1n) is 3.86. The molecule has 5 nitrogen and oxygen atoms in total. The molecule has 0 fully saturated rings. The minimum atomic E-state index is -0.692. The molecule has 0 amide bonds. The zero-order chi connectivity index (χ0) is 10.7. The van der Waals surface area contributed by atoms with Gasteiger partial charge in [0.05, 0.1) is 17.6 Å². The molecule has 3 N–H and O–H groups in total. The Morgan fingerprint density at radius 3 is 2.67 bits per heavy atom. The highest BCUT2D eigenvalue weighted by molar-refractivity contribution is 6.31. The van der Waals surface area contributed by atoms with Crippen molar-refractivity contribution in [2.24, 2.45) is 5.73 Å². The second-order valence-corrected chi connectivity index (χ2v) is 3.16. The molecular weight excluding hydrogens is 243 g/mol. The van der Waals surface area contributed by atoms with E-state index in [4.69, 9.17) is 22.4 Å². The Hall–Kier alpha value is -0.880. The van der Waals surface area contributed by atoms with Crippen LogP contribution in [0.1, 0.15) is 11.6 Å². The maximum absolute atomic E-state index is 10.4. The molecule has 1 aromatic carbocycles. The van der Waals surface area contributed by atoms with E-state index >= 15 is 0 Å². The molecule has 0 saturated carbocycles. The number of benzene rings is 1. The molecule has 84 valence electrons. The third kappa shape index (κ3) is 3.32. The summed E-state index contributed by atoms with van der Waals surface area (Å²) in [6.45, 7) is -0.305. The van der Waals surface area contributed by atoms with Gasteiger partial charge in [0, 0.05) is 17.2 Å². The van der Waals surface area contributed by atoms with E-state index in [0.717, 1.165) is 0 Å². The third-order valence-corrected chi connectivity index (χ3v) is 2.13. The second-order valence-electron chi connectivity index (χ2n) is 2.75. The molecule has 0 heterocycles. The van der Waals surface area contributed by atoms with Crippen LogP contribution in [0.15, 0.2) is 18.2 Å². The number of halogens is 2. The van der Waals surface area contributed by atoms with Gasteiger partial charge in [-0.15, -0.1) is 12.4 Å². The number of nitrogens with two attached hydrogens (primary N) is 1. The van der Waals surface area contributed by atoms with Crippen LogP contribution in [-0.2, 0) is 0 Å². The van der Waals surface area contributed by atoms with Crippen molar-refractivity contribution in [2.75, 3.05) is 6.61 Å². The lowest BCUT2D eigenvalue weighted by Gasteiger charge is -2.09. The standard InChI is InChI=1S/C8H9ClN2O3.ClH/c9-7-2-1-5(11(13)14)3-6(7)8(10)4-12;/h1-3,8,12H,4,10H2;1H/t8-;/m1./s1. The van der Waals surface area contributed by atoms with Crippen molar-refractivity contribution in [2.45, 2.75) is 6.04 Å². The zero-order valence-electron chi connectivity index (χ0n) is 7.59. The van der Waals surface area contributed by atoms with Gasteiger partial charge in [-0.25, -0.2) is 0 Å². The van der Waals surface area contributed by atoms with Crippen LogP contribution >= 0.6 is 24.0 Å².